The van der Waals surface area contributed by atoms with Gasteiger partial charge in [0.25, 0.3) is 5.85 Å². The lowest BCUT2D eigenvalue weighted by atomic mass is 9.77. The highest BCUT2D eigenvalue weighted by Crippen LogP contribution is 2.50. The van der Waals surface area contributed by atoms with Crippen LogP contribution in [0.2, 0.25) is 0 Å². The van der Waals surface area contributed by atoms with Gasteiger partial charge in [0.05, 0.1) is 26.5 Å². The van der Waals surface area contributed by atoms with Crippen LogP contribution in [-0.2, 0) is 30.1 Å². The molecule has 0 unspecified atom stereocenters. The molecular weight excluding hydrogens is 853 g/mol. The molecule has 11 nitrogen and oxygen atoms in total. The third-order valence-electron chi connectivity index (χ3n) is 12.2. The normalized spacial score (nSPS) is 18.5. The van der Waals surface area contributed by atoms with E-state index in [0.717, 1.165) is 16.7 Å². The molecule has 2 aromatic heterocycles. The molecule has 0 bridgehead atoms. The zero-order valence-corrected chi connectivity index (χ0v) is 37.3. The average Bonchev–Trinajstić information content (AvgIpc) is 3.93. The maximum Gasteiger partial charge on any atom is 0.308 e. The second kappa shape index (κ2) is 18.8. The number of methoxy groups -OCH3 is 2. The van der Waals surface area contributed by atoms with E-state index in [0.29, 0.717) is 34.0 Å². The smallest absolute Gasteiger partial charge is 0.308 e. The van der Waals surface area contributed by atoms with E-state index in [4.69, 9.17) is 33.7 Å². The molecule has 0 saturated carbocycles. The number of rotatable bonds is 16. The van der Waals surface area contributed by atoms with Crippen molar-refractivity contribution in [2.75, 3.05) is 26.1 Å². The number of alkyl halides is 2. The fourth-order valence-electron chi connectivity index (χ4n) is 8.83. The van der Waals surface area contributed by atoms with E-state index in [1.807, 2.05) is 158 Å². The predicted molar refractivity (Wildman–Crippen MR) is 250 cm³/mol. The van der Waals surface area contributed by atoms with E-state index >= 15 is 8.78 Å². The zero-order valence-electron chi connectivity index (χ0n) is 37.3. The summed E-state index contributed by atoms with van der Waals surface area (Å²) in [5, 5.41) is 3.76. The maximum atomic E-state index is 17.7. The Morgan fingerprint density at radius 3 is 1.64 bits per heavy atom. The Morgan fingerprint density at radius 2 is 1.15 bits per heavy atom. The quantitative estimate of drug-likeness (QED) is 0.0742. The number of esters is 1. The van der Waals surface area contributed by atoms with E-state index < -0.39 is 54.0 Å². The first-order valence-electron chi connectivity index (χ1n) is 21.9. The fourth-order valence-corrected chi connectivity index (χ4v) is 8.83. The van der Waals surface area contributed by atoms with E-state index in [9.17, 15) is 4.79 Å². The molecule has 1 saturated heterocycles. The summed E-state index contributed by atoms with van der Waals surface area (Å²) >= 11 is 0. The monoisotopic (exact) mass is 901 g/mol. The van der Waals surface area contributed by atoms with Gasteiger partial charge in [-0.1, -0.05) is 159 Å². The third-order valence-corrected chi connectivity index (χ3v) is 12.2. The number of hydrogen-bond acceptors (Lipinski definition) is 10. The number of fused-ring (bicyclic) bond motifs is 1. The number of nitrogens with zero attached hydrogens (tertiary/aromatic N) is 4. The molecule has 1 aliphatic heterocycles. The van der Waals surface area contributed by atoms with Crippen LogP contribution in [0.3, 0.4) is 0 Å². The van der Waals surface area contributed by atoms with Gasteiger partial charge in [0.1, 0.15) is 35.1 Å². The van der Waals surface area contributed by atoms with Gasteiger partial charge in [0.15, 0.2) is 36.0 Å². The van der Waals surface area contributed by atoms with Crippen LogP contribution in [0.5, 0.6) is 11.5 Å². The summed E-state index contributed by atoms with van der Waals surface area (Å²) in [6.45, 7) is 2.17. The zero-order chi connectivity index (χ0) is 46.6. The number of ether oxygens (including phenoxy) is 5. The Hall–Kier alpha value is -7.48. The summed E-state index contributed by atoms with van der Waals surface area (Å²) in [7, 11) is 3.18. The minimum Gasteiger partial charge on any atom is -0.497 e. The first kappa shape index (κ1) is 44.7. The highest BCUT2D eigenvalue weighted by atomic mass is 19.2. The average molecular weight is 902 g/mol. The first-order chi connectivity index (χ1) is 32.6. The van der Waals surface area contributed by atoms with Gasteiger partial charge >= 0.3 is 5.97 Å². The Labute approximate surface area is 387 Å². The van der Waals surface area contributed by atoms with E-state index in [1.54, 1.807) is 40.2 Å². The molecule has 1 aliphatic rings. The number of nitrogens with one attached hydrogen (secondary N) is 1. The van der Waals surface area contributed by atoms with Crippen molar-refractivity contribution in [3.8, 4) is 11.5 Å². The summed E-state index contributed by atoms with van der Waals surface area (Å²) in [6.07, 6.45) is -3.04. The molecule has 1 fully saturated rings. The minimum atomic E-state index is -3.17. The molecule has 0 aliphatic carbocycles. The number of halogens is 2. The van der Waals surface area contributed by atoms with Crippen LogP contribution in [0.25, 0.3) is 11.2 Å². The van der Waals surface area contributed by atoms with Crippen molar-refractivity contribution < 1.29 is 37.3 Å². The van der Waals surface area contributed by atoms with Crippen LogP contribution in [0.15, 0.2) is 183 Å². The largest absolute Gasteiger partial charge is 0.497 e. The minimum absolute atomic E-state index is 0.186. The summed E-state index contributed by atoms with van der Waals surface area (Å²) in [6, 6.07) is 53.5. The van der Waals surface area contributed by atoms with Crippen LogP contribution in [0, 0.1) is 5.92 Å². The van der Waals surface area contributed by atoms with Gasteiger partial charge in [-0.2, -0.15) is 0 Å². The first-order valence-corrected chi connectivity index (χ1v) is 21.9. The molecule has 0 radical (unpaired) electrons. The Morgan fingerprint density at radius 1 is 0.687 bits per heavy atom. The highest BCUT2D eigenvalue weighted by molar-refractivity contribution is 5.84. The van der Waals surface area contributed by atoms with Crippen LogP contribution in [0.4, 0.5) is 14.6 Å². The lowest BCUT2D eigenvalue weighted by Crippen LogP contribution is -2.46. The number of carbonyl (C=O) groups excluding carboxylic acids is 1. The van der Waals surface area contributed by atoms with Gasteiger partial charge in [-0.05, 0) is 57.6 Å². The van der Waals surface area contributed by atoms with Crippen molar-refractivity contribution in [3.63, 3.8) is 0 Å². The van der Waals surface area contributed by atoms with Crippen LogP contribution >= 0.6 is 0 Å². The summed E-state index contributed by atoms with van der Waals surface area (Å²) in [5.74, 6) is -2.92. The topological polar surface area (TPSA) is 119 Å². The summed E-state index contributed by atoms with van der Waals surface area (Å²) in [5.41, 5.74) is 2.33. The SMILES string of the molecule is COc1ccc(C(Nc2ncnc3c2ncn3[C@@H]2O[C@](F)(COC(=O)C(C)C)[C@@H](F)[C@H]2OC(c2ccccc2)(c2ccccc2)c2ccc(OC)cc2)(c2ccccc2)c2ccccc2)cc1. The Bertz CT molecular complexity index is 2830. The standard InChI is InChI=1S/C54H49F2N5O6/c1-36(2)51(62)65-33-52(56)47(55)46(66-54(40-21-13-7-14-22-40,41-23-15-8-16-24-41)42-27-31-44(64-4)32-28-42)50(67-52)61-35-59-45-48(57-34-58-49(45)61)60-53(37-17-9-5-10-18-37,38-19-11-6-12-20-38)39-25-29-43(63-3)30-26-39/h5-32,34-36,46-47,50H,33H2,1-4H3,(H,57,58,60)/t46-,47+,50-,52-/m1/s1. The molecular formula is C54H49F2N5O6. The molecule has 9 rings (SSSR count). The number of imidazole rings is 1. The molecule has 8 aromatic rings. The molecule has 0 spiro atoms. The molecule has 4 atom stereocenters. The molecule has 1 N–H and O–H groups in total. The molecule has 0 amide bonds. The molecule has 13 heteroatoms. The van der Waals surface area contributed by atoms with E-state index in [-0.39, 0.29) is 11.2 Å². The van der Waals surface area contributed by atoms with Crippen LogP contribution < -0.4 is 14.8 Å². The van der Waals surface area contributed by atoms with Crippen molar-refractivity contribution in [1.82, 2.24) is 19.5 Å². The van der Waals surface area contributed by atoms with Gasteiger partial charge in [-0.15, -0.1) is 0 Å². The van der Waals surface area contributed by atoms with Crippen LogP contribution in [-0.4, -0.2) is 64.4 Å². The van der Waals surface area contributed by atoms with Crippen LogP contribution in [0.1, 0.15) is 53.5 Å². The second-order valence-electron chi connectivity index (χ2n) is 16.6. The van der Waals surface area contributed by atoms with Crippen molar-refractivity contribution in [2.24, 2.45) is 5.92 Å². The number of carbonyl (C=O) groups is 1. The van der Waals surface area contributed by atoms with Gasteiger partial charge in [0.2, 0.25) is 0 Å². The summed E-state index contributed by atoms with van der Waals surface area (Å²) in [4.78, 5) is 27.0. The fraction of sp³-hybridized carbons (Fsp3) is 0.222. The lowest BCUT2D eigenvalue weighted by Gasteiger charge is -2.39. The van der Waals surface area contributed by atoms with Crippen molar-refractivity contribution >= 4 is 23.0 Å². The van der Waals surface area contributed by atoms with E-state index in [1.165, 1.54) is 17.2 Å². The highest BCUT2D eigenvalue weighted by Gasteiger charge is 2.62. The van der Waals surface area contributed by atoms with Gasteiger partial charge in [-0.3, -0.25) is 9.36 Å². The van der Waals surface area contributed by atoms with Gasteiger partial charge in [0, 0.05) is 0 Å². The molecule has 3 heterocycles. The predicted octanol–water partition coefficient (Wildman–Crippen LogP) is 10.4. The van der Waals surface area contributed by atoms with Crippen molar-refractivity contribution in [1.29, 1.82) is 0 Å². The lowest BCUT2D eigenvalue weighted by molar-refractivity contribution is -0.208. The number of anilines is 1. The molecule has 6 aromatic carbocycles. The van der Waals surface area contributed by atoms with Crippen molar-refractivity contribution in [3.05, 3.63) is 216 Å². The maximum absolute atomic E-state index is 17.7. The molecule has 67 heavy (non-hydrogen) atoms. The number of hydrogen-bond donors (Lipinski definition) is 1. The Kier molecular flexibility index (Phi) is 12.5. The van der Waals surface area contributed by atoms with Gasteiger partial charge < -0.3 is 29.0 Å². The third kappa shape index (κ3) is 8.25. The summed E-state index contributed by atoms with van der Waals surface area (Å²) < 4.78 is 66.6. The van der Waals surface area contributed by atoms with Crippen molar-refractivity contribution in [2.45, 2.75) is 49.3 Å². The van der Waals surface area contributed by atoms with Gasteiger partial charge in [-0.25, -0.2) is 23.7 Å². The second-order valence-corrected chi connectivity index (χ2v) is 16.6. The number of aromatic nitrogens is 4. The Balaban J connectivity index is 1.22. The number of benzene rings is 6. The van der Waals surface area contributed by atoms with E-state index in [2.05, 4.69) is 10.3 Å². The molecule has 340 valence electrons.